The SMILES string of the molecule is CC1(C)CC(=O)C2=C(C1)N(NC(=O)c1cccnc1)C(N)=C(C#N)C2c1cccc(OCc2ccccc2)c1. The van der Waals surface area contributed by atoms with Crippen molar-refractivity contribution < 1.29 is 14.3 Å². The van der Waals surface area contributed by atoms with Crippen LogP contribution in [0.25, 0.3) is 0 Å². The second-order valence-corrected chi connectivity index (χ2v) is 10.5. The van der Waals surface area contributed by atoms with Crippen LogP contribution < -0.4 is 15.9 Å². The number of ketones is 1. The Morgan fingerprint density at radius 3 is 2.67 bits per heavy atom. The minimum absolute atomic E-state index is 0.0808. The molecule has 0 spiro atoms. The third-order valence-corrected chi connectivity index (χ3v) is 6.96. The minimum atomic E-state index is -0.680. The number of aromatic nitrogens is 1. The molecule has 39 heavy (non-hydrogen) atoms. The Balaban J connectivity index is 1.55. The summed E-state index contributed by atoms with van der Waals surface area (Å²) in [6.07, 6.45) is 3.82. The van der Waals surface area contributed by atoms with Crippen molar-refractivity contribution in [3.63, 3.8) is 0 Å². The lowest BCUT2D eigenvalue weighted by Gasteiger charge is -2.43. The minimum Gasteiger partial charge on any atom is -0.489 e. The molecule has 1 aliphatic carbocycles. The predicted octanol–water partition coefficient (Wildman–Crippen LogP) is 4.74. The van der Waals surface area contributed by atoms with Crippen molar-refractivity contribution >= 4 is 11.7 Å². The first-order valence-corrected chi connectivity index (χ1v) is 12.7. The number of benzene rings is 2. The summed E-state index contributed by atoms with van der Waals surface area (Å²) >= 11 is 0. The maximum Gasteiger partial charge on any atom is 0.271 e. The van der Waals surface area contributed by atoms with Gasteiger partial charge in [-0.05, 0) is 47.2 Å². The standard InChI is InChI=1S/C31H29N5O3/c1-31(2)15-25-28(26(37)16-31)27(21-10-6-12-23(14-21)39-19-20-8-4-3-5-9-20)24(17-32)29(33)36(25)35-30(38)22-11-7-13-34-18-22/h3-14,18,27H,15-16,19,33H2,1-2H3,(H,35,38). The number of hydrogen-bond acceptors (Lipinski definition) is 7. The lowest BCUT2D eigenvalue weighted by atomic mass is 9.69. The molecule has 1 aliphatic heterocycles. The maximum absolute atomic E-state index is 13.7. The molecule has 196 valence electrons. The fourth-order valence-electron chi connectivity index (χ4n) is 5.16. The number of carbonyl (C=O) groups is 2. The summed E-state index contributed by atoms with van der Waals surface area (Å²) in [7, 11) is 0. The Labute approximate surface area is 227 Å². The molecular formula is C31H29N5O3. The van der Waals surface area contributed by atoms with Gasteiger partial charge in [-0.1, -0.05) is 56.3 Å². The van der Waals surface area contributed by atoms with Crippen molar-refractivity contribution in [2.24, 2.45) is 11.1 Å². The van der Waals surface area contributed by atoms with Gasteiger partial charge in [0.15, 0.2) is 5.78 Å². The number of amides is 1. The number of Topliss-reactive ketones (excluding diaryl/α,β-unsaturated/α-hetero) is 1. The molecule has 0 saturated carbocycles. The number of hydrogen-bond donors (Lipinski definition) is 2. The van der Waals surface area contributed by atoms with Gasteiger partial charge >= 0.3 is 0 Å². The van der Waals surface area contributed by atoms with Gasteiger partial charge in [-0.2, -0.15) is 5.26 Å². The van der Waals surface area contributed by atoms with E-state index in [0.29, 0.717) is 42.0 Å². The summed E-state index contributed by atoms with van der Waals surface area (Å²) in [6, 6.07) is 22.7. The number of ether oxygens (including phenoxy) is 1. The van der Waals surface area contributed by atoms with E-state index in [1.54, 1.807) is 18.3 Å². The van der Waals surface area contributed by atoms with E-state index in [0.717, 1.165) is 11.1 Å². The number of carbonyl (C=O) groups excluding carboxylic acids is 2. The van der Waals surface area contributed by atoms with Gasteiger partial charge in [-0.25, -0.2) is 5.01 Å². The van der Waals surface area contributed by atoms with E-state index in [2.05, 4.69) is 16.5 Å². The van der Waals surface area contributed by atoms with Crippen LogP contribution in [-0.2, 0) is 11.4 Å². The number of allylic oxidation sites excluding steroid dienone is 3. The van der Waals surface area contributed by atoms with Gasteiger partial charge in [0.25, 0.3) is 5.91 Å². The van der Waals surface area contributed by atoms with Crippen molar-refractivity contribution in [3.8, 4) is 11.8 Å². The molecule has 5 rings (SSSR count). The Morgan fingerprint density at radius 2 is 1.95 bits per heavy atom. The summed E-state index contributed by atoms with van der Waals surface area (Å²) in [5.74, 6) is -0.506. The van der Waals surface area contributed by atoms with Gasteiger partial charge in [-0.3, -0.25) is 20.0 Å². The number of hydrazine groups is 1. The van der Waals surface area contributed by atoms with Crippen LogP contribution >= 0.6 is 0 Å². The van der Waals surface area contributed by atoms with E-state index in [1.807, 2.05) is 68.4 Å². The Morgan fingerprint density at radius 1 is 1.15 bits per heavy atom. The lowest BCUT2D eigenvalue weighted by molar-refractivity contribution is -0.118. The van der Waals surface area contributed by atoms with Crippen LogP contribution in [0.5, 0.6) is 5.75 Å². The van der Waals surface area contributed by atoms with Crippen LogP contribution in [-0.4, -0.2) is 21.7 Å². The highest BCUT2D eigenvalue weighted by atomic mass is 16.5. The van der Waals surface area contributed by atoms with E-state index in [9.17, 15) is 14.9 Å². The van der Waals surface area contributed by atoms with E-state index in [1.165, 1.54) is 11.2 Å². The molecule has 0 radical (unpaired) electrons. The normalized spacial score (nSPS) is 18.3. The average Bonchev–Trinajstić information content (AvgIpc) is 2.93. The van der Waals surface area contributed by atoms with Crippen molar-refractivity contribution in [2.45, 2.75) is 39.2 Å². The van der Waals surface area contributed by atoms with Crippen LogP contribution in [0.1, 0.15) is 54.1 Å². The zero-order valence-corrected chi connectivity index (χ0v) is 21.8. The predicted molar refractivity (Wildman–Crippen MR) is 145 cm³/mol. The molecule has 3 N–H and O–H groups in total. The lowest BCUT2D eigenvalue weighted by Crippen LogP contribution is -2.49. The van der Waals surface area contributed by atoms with Crippen molar-refractivity contribution in [3.05, 3.63) is 118 Å². The van der Waals surface area contributed by atoms with Crippen LogP contribution in [0.15, 0.2) is 102 Å². The summed E-state index contributed by atoms with van der Waals surface area (Å²) in [5.41, 5.74) is 12.4. The molecule has 3 aromatic rings. The molecule has 2 aromatic carbocycles. The number of nitrogens with two attached hydrogens (primary N) is 1. The number of pyridine rings is 1. The highest BCUT2D eigenvalue weighted by Gasteiger charge is 2.45. The molecule has 1 aromatic heterocycles. The first-order chi connectivity index (χ1) is 18.8. The highest BCUT2D eigenvalue weighted by Crippen LogP contribution is 2.48. The molecule has 8 heteroatoms. The number of nitrogens with one attached hydrogen (secondary N) is 1. The Kier molecular flexibility index (Phi) is 6.90. The van der Waals surface area contributed by atoms with E-state index < -0.39 is 11.8 Å². The van der Waals surface area contributed by atoms with Crippen molar-refractivity contribution in [1.82, 2.24) is 15.4 Å². The molecule has 0 fully saturated rings. The average molecular weight is 520 g/mol. The smallest absolute Gasteiger partial charge is 0.271 e. The van der Waals surface area contributed by atoms with E-state index in [-0.39, 0.29) is 22.6 Å². The van der Waals surface area contributed by atoms with Gasteiger partial charge < -0.3 is 10.5 Å². The van der Waals surface area contributed by atoms with Gasteiger partial charge in [0.05, 0.1) is 28.8 Å². The summed E-state index contributed by atoms with van der Waals surface area (Å²) in [5, 5.41) is 11.7. The molecular weight excluding hydrogens is 490 g/mol. The third-order valence-electron chi connectivity index (χ3n) is 6.96. The summed E-state index contributed by atoms with van der Waals surface area (Å²) in [6.45, 7) is 4.39. The molecule has 1 atom stereocenters. The molecule has 2 aliphatic rings. The topological polar surface area (TPSA) is 121 Å². The van der Waals surface area contributed by atoms with Crippen molar-refractivity contribution in [2.75, 3.05) is 0 Å². The number of rotatable bonds is 6. The van der Waals surface area contributed by atoms with Gasteiger partial charge in [0.1, 0.15) is 18.2 Å². The zero-order valence-electron chi connectivity index (χ0n) is 21.8. The van der Waals surface area contributed by atoms with Crippen LogP contribution in [0.4, 0.5) is 0 Å². The second-order valence-electron chi connectivity index (χ2n) is 10.5. The monoisotopic (exact) mass is 519 g/mol. The third kappa shape index (κ3) is 5.25. The molecule has 0 saturated heterocycles. The van der Waals surface area contributed by atoms with Gasteiger partial charge in [-0.15, -0.1) is 0 Å². The molecule has 0 bridgehead atoms. The second kappa shape index (κ2) is 10.5. The molecule has 1 unspecified atom stereocenters. The Bertz CT molecular complexity index is 1520. The summed E-state index contributed by atoms with van der Waals surface area (Å²) in [4.78, 5) is 30.8. The first kappa shape index (κ1) is 25.7. The molecule has 8 nitrogen and oxygen atoms in total. The van der Waals surface area contributed by atoms with Gasteiger partial charge in [0.2, 0.25) is 0 Å². The highest BCUT2D eigenvalue weighted by molar-refractivity contribution is 6.01. The number of nitrogens with zero attached hydrogens (tertiary/aromatic N) is 3. The fraction of sp³-hybridized carbons (Fsp3) is 0.226. The van der Waals surface area contributed by atoms with Crippen LogP contribution in [0, 0.1) is 16.7 Å². The van der Waals surface area contributed by atoms with Crippen LogP contribution in [0.3, 0.4) is 0 Å². The van der Waals surface area contributed by atoms with E-state index >= 15 is 0 Å². The first-order valence-electron chi connectivity index (χ1n) is 12.7. The quantitative estimate of drug-likeness (QED) is 0.482. The largest absolute Gasteiger partial charge is 0.489 e. The zero-order chi connectivity index (χ0) is 27.6. The van der Waals surface area contributed by atoms with Crippen LogP contribution in [0.2, 0.25) is 0 Å². The van der Waals surface area contributed by atoms with Crippen molar-refractivity contribution in [1.29, 1.82) is 5.26 Å². The van der Waals surface area contributed by atoms with Gasteiger partial charge in [0, 0.05) is 24.4 Å². The molecule has 2 heterocycles. The molecule has 1 amide bonds. The van der Waals surface area contributed by atoms with E-state index in [4.69, 9.17) is 10.5 Å². The summed E-state index contributed by atoms with van der Waals surface area (Å²) < 4.78 is 6.03. The fourth-order valence-corrected chi connectivity index (χ4v) is 5.16. The number of nitriles is 1. The maximum atomic E-state index is 13.7. The Hall–Kier alpha value is -4.90.